The van der Waals surface area contributed by atoms with Crippen molar-refractivity contribution >= 4 is 22.3 Å². The van der Waals surface area contributed by atoms with Gasteiger partial charge in [0.15, 0.2) is 0 Å². The molecule has 2 aromatic carbocycles. The Morgan fingerprint density at radius 1 is 1.00 bits per heavy atom. The molecule has 1 unspecified atom stereocenters. The minimum Gasteiger partial charge on any atom is -0.458 e. The zero-order valence-corrected chi connectivity index (χ0v) is 12.4. The first-order valence-electron chi connectivity index (χ1n) is 6.57. The molecule has 21 heavy (non-hydrogen) atoms. The van der Waals surface area contributed by atoms with Gasteiger partial charge in [0.05, 0.1) is 5.57 Å². The molecule has 0 amide bonds. The zero-order chi connectivity index (χ0) is 14.8. The predicted molar refractivity (Wildman–Crippen MR) is 83.1 cm³/mol. The van der Waals surface area contributed by atoms with E-state index < -0.39 is 10.8 Å². The molecule has 1 aliphatic heterocycles. The first-order valence-corrected chi connectivity index (χ1v) is 8.13. The Labute approximate surface area is 125 Å². The fourth-order valence-corrected chi connectivity index (χ4v) is 2.90. The van der Waals surface area contributed by atoms with Crippen molar-refractivity contribution in [1.82, 2.24) is 0 Å². The van der Waals surface area contributed by atoms with E-state index in [2.05, 4.69) is 0 Å². The van der Waals surface area contributed by atoms with Crippen LogP contribution in [0.4, 0.5) is 0 Å². The molecule has 0 spiro atoms. The van der Waals surface area contributed by atoms with Crippen LogP contribution in [0.25, 0.3) is 16.7 Å². The van der Waals surface area contributed by atoms with Crippen LogP contribution >= 0.6 is 0 Å². The number of cyclic esters (lactones) is 1. The maximum absolute atomic E-state index is 11.8. The number of hydrogen-bond donors (Lipinski definition) is 0. The highest BCUT2D eigenvalue weighted by Gasteiger charge is 2.21. The van der Waals surface area contributed by atoms with Gasteiger partial charge in [-0.3, -0.25) is 4.21 Å². The number of esters is 1. The van der Waals surface area contributed by atoms with Gasteiger partial charge in [-0.15, -0.1) is 0 Å². The predicted octanol–water partition coefficient (Wildman–Crippen LogP) is 3.03. The second kappa shape index (κ2) is 5.66. The normalized spacial score (nSPS) is 15.5. The monoisotopic (exact) mass is 298 g/mol. The molecule has 1 atom stereocenters. The summed E-state index contributed by atoms with van der Waals surface area (Å²) >= 11 is 0. The summed E-state index contributed by atoms with van der Waals surface area (Å²) in [5, 5.41) is 0. The van der Waals surface area contributed by atoms with Gasteiger partial charge in [0, 0.05) is 22.0 Å². The number of benzene rings is 2. The van der Waals surface area contributed by atoms with E-state index in [0.29, 0.717) is 12.2 Å². The molecule has 2 aromatic rings. The van der Waals surface area contributed by atoms with E-state index in [0.717, 1.165) is 21.6 Å². The number of ether oxygens (including phenoxy) is 1. The van der Waals surface area contributed by atoms with Crippen LogP contribution in [0, 0.1) is 0 Å². The molecule has 0 bridgehead atoms. The minimum atomic E-state index is -0.992. The molecule has 1 heterocycles. The van der Waals surface area contributed by atoms with Crippen molar-refractivity contribution in [2.75, 3.05) is 12.9 Å². The Hall–Kier alpha value is -2.20. The third kappa shape index (κ3) is 2.67. The third-order valence-electron chi connectivity index (χ3n) is 3.44. The fourth-order valence-electron chi connectivity index (χ4n) is 2.38. The highest BCUT2D eigenvalue weighted by molar-refractivity contribution is 7.84. The summed E-state index contributed by atoms with van der Waals surface area (Å²) in [6.07, 6.45) is 3.46. The molecule has 1 aliphatic rings. The van der Waals surface area contributed by atoms with Gasteiger partial charge in [-0.1, -0.05) is 36.4 Å². The second-order valence-electron chi connectivity index (χ2n) is 4.74. The average molecular weight is 298 g/mol. The lowest BCUT2D eigenvalue weighted by molar-refractivity contribution is -0.133. The van der Waals surface area contributed by atoms with E-state index >= 15 is 0 Å². The van der Waals surface area contributed by atoms with Crippen LogP contribution < -0.4 is 0 Å². The van der Waals surface area contributed by atoms with Crippen LogP contribution in [0.3, 0.4) is 0 Å². The van der Waals surface area contributed by atoms with Gasteiger partial charge in [0.2, 0.25) is 0 Å². The van der Waals surface area contributed by atoms with E-state index in [9.17, 15) is 9.00 Å². The van der Waals surface area contributed by atoms with Crippen LogP contribution in [0.15, 0.2) is 59.5 Å². The molecule has 0 aromatic heterocycles. The molecule has 3 rings (SSSR count). The summed E-state index contributed by atoms with van der Waals surface area (Å²) in [5.41, 5.74) is 3.43. The minimum absolute atomic E-state index is 0.284. The van der Waals surface area contributed by atoms with E-state index in [1.54, 1.807) is 12.3 Å². The zero-order valence-electron chi connectivity index (χ0n) is 11.5. The van der Waals surface area contributed by atoms with Crippen LogP contribution in [0.2, 0.25) is 0 Å². The second-order valence-corrected chi connectivity index (χ2v) is 6.12. The summed E-state index contributed by atoms with van der Waals surface area (Å²) in [5.74, 6) is -0.284. The average Bonchev–Trinajstić information content (AvgIpc) is 2.93. The number of hydrogen-bond acceptors (Lipinski definition) is 3. The fraction of sp³-hybridized carbons (Fsp3) is 0.118. The Kier molecular flexibility index (Phi) is 3.71. The highest BCUT2D eigenvalue weighted by Crippen LogP contribution is 2.31. The summed E-state index contributed by atoms with van der Waals surface area (Å²) in [6, 6.07) is 15.3. The van der Waals surface area contributed by atoms with E-state index in [-0.39, 0.29) is 5.97 Å². The van der Waals surface area contributed by atoms with Gasteiger partial charge >= 0.3 is 5.97 Å². The van der Waals surface area contributed by atoms with Crippen molar-refractivity contribution in [1.29, 1.82) is 0 Å². The maximum atomic E-state index is 11.8. The molecule has 3 nitrogen and oxygen atoms in total. The Morgan fingerprint density at radius 2 is 1.67 bits per heavy atom. The Bertz CT molecular complexity index is 745. The van der Waals surface area contributed by atoms with Gasteiger partial charge in [-0.25, -0.2) is 4.79 Å². The van der Waals surface area contributed by atoms with Gasteiger partial charge in [0.25, 0.3) is 0 Å². The van der Waals surface area contributed by atoms with Crippen LogP contribution in [-0.2, 0) is 20.3 Å². The molecule has 0 radical (unpaired) electrons. The third-order valence-corrected chi connectivity index (χ3v) is 4.37. The summed E-state index contributed by atoms with van der Waals surface area (Å²) in [4.78, 5) is 12.6. The highest BCUT2D eigenvalue weighted by atomic mass is 32.2. The van der Waals surface area contributed by atoms with Gasteiger partial charge in [0.1, 0.15) is 6.61 Å². The van der Waals surface area contributed by atoms with Crippen LogP contribution in [0.5, 0.6) is 0 Å². The lowest BCUT2D eigenvalue weighted by atomic mass is 9.95. The lowest BCUT2D eigenvalue weighted by Gasteiger charge is -2.09. The molecule has 0 aliphatic carbocycles. The standard InChI is InChI=1S/C17H14O3S/c1-21(19)13-8-6-12(7-9-13)14-4-2-3-5-15(14)16-10-11-20-17(16)18/h2-10H,11H2,1H3. The molecule has 0 N–H and O–H groups in total. The lowest BCUT2D eigenvalue weighted by Crippen LogP contribution is -2.00. The Balaban J connectivity index is 2.07. The Morgan fingerprint density at radius 3 is 2.24 bits per heavy atom. The molecular weight excluding hydrogens is 284 g/mol. The van der Waals surface area contributed by atoms with Crippen LogP contribution in [0.1, 0.15) is 5.56 Å². The van der Waals surface area contributed by atoms with Gasteiger partial charge in [-0.05, 0) is 34.9 Å². The van der Waals surface area contributed by atoms with Crippen molar-refractivity contribution in [3.63, 3.8) is 0 Å². The number of carbonyl (C=O) groups is 1. The summed E-state index contributed by atoms with van der Waals surface area (Å²) in [7, 11) is -0.992. The van der Waals surface area contributed by atoms with Crippen LogP contribution in [-0.4, -0.2) is 23.0 Å². The quantitative estimate of drug-likeness (QED) is 0.818. The number of carbonyl (C=O) groups excluding carboxylic acids is 1. The largest absolute Gasteiger partial charge is 0.458 e. The van der Waals surface area contributed by atoms with Crippen molar-refractivity contribution in [2.45, 2.75) is 4.90 Å². The maximum Gasteiger partial charge on any atom is 0.338 e. The molecular formula is C17H14O3S. The van der Waals surface area contributed by atoms with E-state index in [1.165, 1.54) is 0 Å². The summed E-state index contributed by atoms with van der Waals surface area (Å²) in [6.45, 7) is 0.330. The first kappa shape index (κ1) is 13.8. The van der Waals surface area contributed by atoms with E-state index in [4.69, 9.17) is 4.74 Å². The smallest absolute Gasteiger partial charge is 0.338 e. The van der Waals surface area contributed by atoms with Crippen molar-refractivity contribution in [2.24, 2.45) is 0 Å². The molecule has 0 fully saturated rings. The van der Waals surface area contributed by atoms with Gasteiger partial charge < -0.3 is 4.74 Å². The molecule has 4 heteroatoms. The summed E-state index contributed by atoms with van der Waals surface area (Å²) < 4.78 is 16.4. The van der Waals surface area contributed by atoms with Gasteiger partial charge in [-0.2, -0.15) is 0 Å². The van der Waals surface area contributed by atoms with Crippen molar-refractivity contribution in [3.8, 4) is 11.1 Å². The molecule has 0 saturated heterocycles. The topological polar surface area (TPSA) is 43.4 Å². The van der Waals surface area contributed by atoms with Crippen molar-refractivity contribution in [3.05, 3.63) is 60.2 Å². The van der Waals surface area contributed by atoms with Crippen molar-refractivity contribution < 1.29 is 13.7 Å². The SMILES string of the molecule is CS(=O)c1ccc(-c2ccccc2C2=CCOC2=O)cc1. The molecule has 106 valence electrons. The molecule has 0 saturated carbocycles. The number of rotatable bonds is 3. The first-order chi connectivity index (χ1) is 10.2. The van der Waals surface area contributed by atoms with E-state index in [1.807, 2.05) is 48.5 Å².